The molecule has 19 heavy (non-hydrogen) atoms. The molecule has 2 atom stereocenters. The molecule has 0 amide bonds. The third-order valence-corrected chi connectivity index (χ3v) is 5.30. The summed E-state index contributed by atoms with van der Waals surface area (Å²) in [5.41, 5.74) is 0.689. The summed E-state index contributed by atoms with van der Waals surface area (Å²) in [5, 5.41) is 9.38. The van der Waals surface area contributed by atoms with E-state index in [2.05, 4.69) is 6.58 Å². The lowest BCUT2D eigenvalue weighted by atomic mass is 9.81. The fraction of sp³-hybridized carbons (Fsp3) is 0.462. The van der Waals surface area contributed by atoms with Crippen LogP contribution in [0.15, 0.2) is 36.5 Å². The van der Waals surface area contributed by atoms with Gasteiger partial charge in [-0.3, -0.25) is 4.79 Å². The molecule has 1 heterocycles. The maximum atomic E-state index is 12.1. The van der Waals surface area contributed by atoms with Crippen LogP contribution in [0.2, 0.25) is 0 Å². The highest BCUT2D eigenvalue weighted by molar-refractivity contribution is 7.89. The Bertz CT molecular complexity index is 547. The molecule has 0 bridgehead atoms. The van der Waals surface area contributed by atoms with Crippen LogP contribution >= 0.6 is 0 Å². The van der Waals surface area contributed by atoms with Crippen LogP contribution in [0, 0.1) is 5.92 Å². The third-order valence-electron chi connectivity index (χ3n) is 3.54. The predicted octanol–water partition coefficient (Wildman–Crippen LogP) is 1.16. The summed E-state index contributed by atoms with van der Waals surface area (Å²) in [7, 11) is -3.61. The molecule has 0 radical (unpaired) electrons. The standard InChI is InChI=1S/C13H17NO4S/c1-2-9-19(17,18)14-8-7-10-5-3-4-6-11(10)12(14)13(15)16/h2-4,6,10,12H,1,5,7-9H2,(H,15,16). The Balaban J connectivity index is 2.40. The highest BCUT2D eigenvalue weighted by atomic mass is 32.2. The number of piperidine rings is 1. The number of carboxylic acids is 1. The van der Waals surface area contributed by atoms with Crippen molar-refractivity contribution in [3.8, 4) is 0 Å². The number of hydrogen-bond donors (Lipinski definition) is 1. The van der Waals surface area contributed by atoms with Crippen molar-refractivity contribution in [1.29, 1.82) is 0 Å². The van der Waals surface area contributed by atoms with Crippen LogP contribution < -0.4 is 0 Å². The van der Waals surface area contributed by atoms with Crippen molar-refractivity contribution in [2.24, 2.45) is 5.92 Å². The molecule has 2 aliphatic rings. The van der Waals surface area contributed by atoms with Crippen molar-refractivity contribution < 1.29 is 18.3 Å². The number of hydrogen-bond acceptors (Lipinski definition) is 3. The van der Waals surface area contributed by atoms with Crippen LogP contribution in [0.3, 0.4) is 0 Å². The first-order valence-electron chi connectivity index (χ1n) is 6.17. The van der Waals surface area contributed by atoms with Crippen molar-refractivity contribution in [3.63, 3.8) is 0 Å². The first-order valence-corrected chi connectivity index (χ1v) is 7.78. The summed E-state index contributed by atoms with van der Waals surface area (Å²) in [4.78, 5) is 11.5. The Labute approximate surface area is 113 Å². The molecule has 1 aliphatic heterocycles. The molecule has 104 valence electrons. The number of carbonyl (C=O) groups is 1. The number of allylic oxidation sites excluding steroid dienone is 3. The van der Waals surface area contributed by atoms with Crippen molar-refractivity contribution >= 4 is 16.0 Å². The zero-order valence-electron chi connectivity index (χ0n) is 10.5. The van der Waals surface area contributed by atoms with Crippen LogP contribution in [0.4, 0.5) is 0 Å². The van der Waals surface area contributed by atoms with E-state index in [0.717, 1.165) is 10.7 Å². The minimum absolute atomic E-state index is 0.140. The molecule has 2 unspecified atom stereocenters. The summed E-state index contributed by atoms with van der Waals surface area (Å²) in [6, 6.07) is -1.08. The van der Waals surface area contributed by atoms with Gasteiger partial charge >= 0.3 is 5.97 Å². The number of rotatable bonds is 4. The fourth-order valence-corrected chi connectivity index (χ4v) is 4.09. The summed E-state index contributed by atoms with van der Waals surface area (Å²) in [5.74, 6) is -1.20. The number of nitrogens with zero attached hydrogens (tertiary/aromatic N) is 1. The van der Waals surface area contributed by atoms with Gasteiger partial charge in [0.25, 0.3) is 0 Å². The quantitative estimate of drug-likeness (QED) is 0.786. The molecule has 5 nitrogen and oxygen atoms in total. The molecule has 1 N–H and O–H groups in total. The largest absolute Gasteiger partial charge is 0.480 e. The number of aliphatic carboxylic acids is 1. The first-order chi connectivity index (χ1) is 8.97. The van der Waals surface area contributed by atoms with Gasteiger partial charge in [-0.15, -0.1) is 6.58 Å². The van der Waals surface area contributed by atoms with Gasteiger partial charge in [0.05, 0.1) is 5.75 Å². The van der Waals surface area contributed by atoms with Gasteiger partial charge in [0.15, 0.2) is 0 Å². The highest BCUT2D eigenvalue weighted by Gasteiger charge is 2.42. The molecule has 1 saturated heterocycles. The fourth-order valence-electron chi connectivity index (χ4n) is 2.68. The van der Waals surface area contributed by atoms with Gasteiger partial charge in [-0.1, -0.05) is 24.3 Å². The predicted molar refractivity (Wildman–Crippen MR) is 72.1 cm³/mol. The van der Waals surface area contributed by atoms with Gasteiger partial charge < -0.3 is 5.11 Å². The normalized spacial score (nSPS) is 27.5. The maximum Gasteiger partial charge on any atom is 0.326 e. The van der Waals surface area contributed by atoms with E-state index < -0.39 is 22.0 Å². The molecule has 0 spiro atoms. The van der Waals surface area contributed by atoms with Crippen LogP contribution in [-0.4, -0.2) is 42.1 Å². The Hall–Kier alpha value is -1.40. The molecule has 0 aromatic heterocycles. The Kier molecular flexibility index (Phi) is 3.91. The van der Waals surface area contributed by atoms with Crippen molar-refractivity contribution in [2.75, 3.05) is 12.3 Å². The van der Waals surface area contributed by atoms with Gasteiger partial charge in [-0.2, -0.15) is 4.31 Å². The lowest BCUT2D eigenvalue weighted by Crippen LogP contribution is -2.52. The van der Waals surface area contributed by atoms with E-state index in [-0.39, 0.29) is 18.2 Å². The molecule has 1 fully saturated rings. The number of fused-ring (bicyclic) bond motifs is 1. The van der Waals surface area contributed by atoms with E-state index in [9.17, 15) is 18.3 Å². The lowest BCUT2D eigenvalue weighted by Gasteiger charge is -2.39. The second-order valence-electron chi connectivity index (χ2n) is 4.73. The molecule has 2 rings (SSSR count). The first kappa shape index (κ1) is 14.0. The molecular formula is C13H17NO4S. The second kappa shape index (κ2) is 5.30. The van der Waals surface area contributed by atoms with E-state index >= 15 is 0 Å². The Morgan fingerprint density at radius 1 is 1.58 bits per heavy atom. The number of carboxylic acid groups (broad SMARTS) is 1. The summed E-state index contributed by atoms with van der Waals surface area (Å²) in [6.45, 7) is 3.67. The summed E-state index contributed by atoms with van der Waals surface area (Å²) in [6.07, 6.45) is 8.26. The maximum absolute atomic E-state index is 12.1. The van der Waals surface area contributed by atoms with Gasteiger partial charge in [-0.25, -0.2) is 8.42 Å². The van der Waals surface area contributed by atoms with Crippen LogP contribution in [0.25, 0.3) is 0 Å². The molecule has 0 aromatic rings. The summed E-state index contributed by atoms with van der Waals surface area (Å²) >= 11 is 0. The van der Waals surface area contributed by atoms with Crippen molar-refractivity contribution in [2.45, 2.75) is 18.9 Å². The van der Waals surface area contributed by atoms with E-state index in [4.69, 9.17) is 0 Å². The van der Waals surface area contributed by atoms with Gasteiger partial charge in [0.1, 0.15) is 6.04 Å². The third kappa shape index (κ3) is 2.64. The smallest absolute Gasteiger partial charge is 0.326 e. The molecule has 0 aromatic carbocycles. The Morgan fingerprint density at radius 3 is 2.95 bits per heavy atom. The van der Waals surface area contributed by atoms with Crippen molar-refractivity contribution in [1.82, 2.24) is 4.31 Å². The van der Waals surface area contributed by atoms with Gasteiger partial charge in [0, 0.05) is 6.54 Å². The molecule has 0 saturated carbocycles. The van der Waals surface area contributed by atoms with Gasteiger partial charge in [-0.05, 0) is 24.3 Å². The zero-order valence-corrected chi connectivity index (χ0v) is 11.3. The average Bonchev–Trinajstić information content (AvgIpc) is 2.37. The van der Waals surface area contributed by atoms with Gasteiger partial charge in [0.2, 0.25) is 10.0 Å². The van der Waals surface area contributed by atoms with E-state index in [0.29, 0.717) is 12.0 Å². The van der Waals surface area contributed by atoms with E-state index in [1.807, 2.05) is 6.08 Å². The highest BCUT2D eigenvalue weighted by Crippen LogP contribution is 2.35. The molecule has 6 heteroatoms. The monoisotopic (exact) mass is 283 g/mol. The minimum Gasteiger partial charge on any atom is -0.480 e. The average molecular weight is 283 g/mol. The van der Waals surface area contributed by atoms with E-state index in [1.54, 1.807) is 12.2 Å². The van der Waals surface area contributed by atoms with Crippen LogP contribution in [0.1, 0.15) is 12.8 Å². The molecule has 1 aliphatic carbocycles. The second-order valence-corrected chi connectivity index (χ2v) is 6.70. The minimum atomic E-state index is -3.61. The molecular weight excluding hydrogens is 266 g/mol. The zero-order chi connectivity index (χ0) is 14.0. The topological polar surface area (TPSA) is 74.7 Å². The van der Waals surface area contributed by atoms with Crippen LogP contribution in [0.5, 0.6) is 0 Å². The summed E-state index contributed by atoms with van der Waals surface area (Å²) < 4.78 is 25.3. The SMILES string of the molecule is C=CCS(=O)(=O)N1CCC2CC=CC=C2C1C(=O)O. The van der Waals surface area contributed by atoms with Crippen molar-refractivity contribution in [3.05, 3.63) is 36.5 Å². The number of sulfonamides is 1. The Morgan fingerprint density at radius 2 is 2.32 bits per heavy atom. The lowest BCUT2D eigenvalue weighted by molar-refractivity contribution is -0.141. The van der Waals surface area contributed by atoms with Crippen LogP contribution in [-0.2, 0) is 14.8 Å². The van der Waals surface area contributed by atoms with E-state index in [1.165, 1.54) is 6.08 Å².